The number of hydrogen-bond acceptors (Lipinski definition) is 2. The van der Waals surface area contributed by atoms with E-state index in [4.69, 9.17) is 0 Å². The van der Waals surface area contributed by atoms with E-state index in [2.05, 4.69) is 52.2 Å². The molecular weight excluding hydrogens is 203 g/mol. The summed E-state index contributed by atoms with van der Waals surface area (Å²) in [5.74, 6) is 0. The van der Waals surface area contributed by atoms with Crippen LogP contribution in [-0.4, -0.2) is 44.5 Å². The van der Waals surface area contributed by atoms with E-state index < -0.39 is 0 Å². The molecule has 0 saturated carbocycles. The van der Waals surface area contributed by atoms with Gasteiger partial charge in [0.1, 0.15) is 0 Å². The Bertz CT molecular complexity index is 147. The summed E-state index contributed by atoms with van der Waals surface area (Å²) in [6.07, 6.45) is 6.84. The monoisotopic (exact) mass is 220 g/mol. The third-order valence-corrected chi connectivity index (χ3v) is 3.31. The van der Waals surface area contributed by atoms with Gasteiger partial charge in [-0.05, 0) is 0 Å². The molecule has 0 aromatic rings. The standard InChI is InChI=1S/C8H16N2Se/c1-3-4-5-10-7-6-9(2)8(10)11/h6-8,11H,3-5H2,1-2H3. The Morgan fingerprint density at radius 1 is 1.45 bits per heavy atom. The van der Waals surface area contributed by atoms with Gasteiger partial charge in [0, 0.05) is 0 Å². The van der Waals surface area contributed by atoms with Crippen LogP contribution in [0.2, 0.25) is 0 Å². The zero-order valence-corrected chi connectivity index (χ0v) is 9.07. The first-order valence-electron chi connectivity index (χ1n) is 4.09. The van der Waals surface area contributed by atoms with Gasteiger partial charge in [-0.25, -0.2) is 0 Å². The zero-order valence-electron chi connectivity index (χ0n) is 7.20. The molecule has 0 aromatic heterocycles. The summed E-state index contributed by atoms with van der Waals surface area (Å²) in [5.41, 5.74) is 0. The Hall–Kier alpha value is -0.141. The van der Waals surface area contributed by atoms with Crippen LogP contribution in [0.1, 0.15) is 19.8 Å². The van der Waals surface area contributed by atoms with Crippen LogP contribution in [0.15, 0.2) is 12.4 Å². The Labute approximate surface area is 77.1 Å². The van der Waals surface area contributed by atoms with Crippen molar-refractivity contribution < 1.29 is 0 Å². The van der Waals surface area contributed by atoms with Gasteiger partial charge in [-0.1, -0.05) is 0 Å². The molecular formula is C8H16N2Se. The van der Waals surface area contributed by atoms with E-state index in [1.165, 1.54) is 19.4 Å². The van der Waals surface area contributed by atoms with Gasteiger partial charge in [-0.2, -0.15) is 0 Å². The average molecular weight is 219 g/mol. The fourth-order valence-corrected chi connectivity index (χ4v) is 1.67. The van der Waals surface area contributed by atoms with Crippen molar-refractivity contribution >= 4 is 16.0 Å². The van der Waals surface area contributed by atoms with E-state index in [1.54, 1.807) is 0 Å². The second-order valence-electron chi connectivity index (χ2n) is 2.90. The minimum atomic E-state index is 0.494. The summed E-state index contributed by atoms with van der Waals surface area (Å²) in [7, 11) is 2.10. The first-order chi connectivity index (χ1) is 5.25. The minimum absolute atomic E-state index is 0.494. The van der Waals surface area contributed by atoms with Crippen LogP contribution in [0.25, 0.3) is 0 Å². The Balaban J connectivity index is 2.31. The van der Waals surface area contributed by atoms with Crippen LogP contribution >= 0.6 is 0 Å². The van der Waals surface area contributed by atoms with Gasteiger partial charge in [-0.15, -0.1) is 0 Å². The molecule has 1 unspecified atom stereocenters. The van der Waals surface area contributed by atoms with Crippen molar-refractivity contribution in [3.05, 3.63) is 12.4 Å². The van der Waals surface area contributed by atoms with Crippen molar-refractivity contribution in [3.8, 4) is 0 Å². The predicted octanol–water partition coefficient (Wildman–Crippen LogP) is 0.690. The van der Waals surface area contributed by atoms with Crippen molar-refractivity contribution in [3.63, 3.8) is 0 Å². The maximum absolute atomic E-state index is 2.68. The van der Waals surface area contributed by atoms with Crippen molar-refractivity contribution in [2.45, 2.75) is 24.8 Å². The molecule has 0 N–H and O–H groups in total. The van der Waals surface area contributed by atoms with Crippen LogP contribution in [0.4, 0.5) is 0 Å². The summed E-state index contributed by atoms with van der Waals surface area (Å²) in [6.45, 7) is 3.40. The molecule has 11 heavy (non-hydrogen) atoms. The van der Waals surface area contributed by atoms with Gasteiger partial charge in [0.05, 0.1) is 0 Å². The molecule has 1 aliphatic heterocycles. The molecule has 2 nitrogen and oxygen atoms in total. The molecule has 0 spiro atoms. The summed E-state index contributed by atoms with van der Waals surface area (Å²) in [4.78, 5) is 4.55. The SMILES string of the molecule is CCCCN1C=CN(C)C1[SeH]. The van der Waals surface area contributed by atoms with Gasteiger partial charge in [0.2, 0.25) is 0 Å². The topological polar surface area (TPSA) is 6.48 Å². The zero-order chi connectivity index (χ0) is 8.27. The van der Waals surface area contributed by atoms with E-state index in [-0.39, 0.29) is 0 Å². The van der Waals surface area contributed by atoms with E-state index in [0.717, 1.165) is 0 Å². The Morgan fingerprint density at radius 2 is 2.18 bits per heavy atom. The summed E-state index contributed by atoms with van der Waals surface area (Å²) >= 11 is 2.68. The second kappa shape index (κ2) is 4.03. The Kier molecular flexibility index (Phi) is 3.28. The summed E-state index contributed by atoms with van der Waals surface area (Å²) in [6, 6.07) is 0. The van der Waals surface area contributed by atoms with Crippen LogP contribution in [0, 0.1) is 0 Å². The quantitative estimate of drug-likeness (QED) is 0.644. The van der Waals surface area contributed by atoms with Crippen molar-refractivity contribution in [1.29, 1.82) is 0 Å². The number of rotatable bonds is 3. The number of nitrogens with zero attached hydrogens (tertiary/aromatic N) is 2. The number of unbranched alkanes of at least 4 members (excludes halogenated alkanes) is 1. The van der Waals surface area contributed by atoms with Crippen molar-refractivity contribution in [2.75, 3.05) is 13.6 Å². The van der Waals surface area contributed by atoms with Crippen LogP contribution < -0.4 is 0 Å². The van der Waals surface area contributed by atoms with Gasteiger partial charge >= 0.3 is 76.6 Å². The van der Waals surface area contributed by atoms with Crippen molar-refractivity contribution in [1.82, 2.24) is 9.80 Å². The van der Waals surface area contributed by atoms with E-state index in [0.29, 0.717) is 5.06 Å². The molecule has 1 heterocycles. The third-order valence-electron chi connectivity index (χ3n) is 1.92. The normalized spacial score (nSPS) is 23.4. The van der Waals surface area contributed by atoms with E-state index >= 15 is 0 Å². The van der Waals surface area contributed by atoms with Gasteiger partial charge < -0.3 is 0 Å². The first-order valence-corrected chi connectivity index (χ1v) is 5.18. The fraction of sp³-hybridized carbons (Fsp3) is 0.750. The molecule has 1 rings (SSSR count). The van der Waals surface area contributed by atoms with Crippen LogP contribution in [0.5, 0.6) is 0 Å². The third kappa shape index (κ3) is 2.14. The van der Waals surface area contributed by atoms with Gasteiger partial charge in [-0.3, -0.25) is 0 Å². The van der Waals surface area contributed by atoms with Crippen molar-refractivity contribution in [2.24, 2.45) is 0 Å². The molecule has 0 aromatic carbocycles. The predicted molar refractivity (Wildman–Crippen MR) is 49.5 cm³/mol. The van der Waals surface area contributed by atoms with Crippen LogP contribution in [-0.2, 0) is 0 Å². The molecule has 0 bridgehead atoms. The molecule has 0 fully saturated rings. The summed E-state index contributed by atoms with van der Waals surface area (Å²) in [5, 5.41) is 0.494. The maximum atomic E-state index is 2.68. The average Bonchev–Trinajstić information content (AvgIpc) is 2.31. The molecule has 0 saturated heterocycles. The molecule has 64 valence electrons. The van der Waals surface area contributed by atoms with E-state index in [9.17, 15) is 0 Å². The molecule has 1 atom stereocenters. The van der Waals surface area contributed by atoms with E-state index in [1.807, 2.05) is 0 Å². The molecule has 0 aliphatic carbocycles. The second-order valence-corrected chi connectivity index (χ2v) is 3.87. The summed E-state index contributed by atoms with van der Waals surface area (Å²) < 4.78 is 0. The Morgan fingerprint density at radius 3 is 2.64 bits per heavy atom. The molecule has 0 radical (unpaired) electrons. The van der Waals surface area contributed by atoms with Gasteiger partial charge in [0.25, 0.3) is 0 Å². The van der Waals surface area contributed by atoms with Crippen LogP contribution in [0.3, 0.4) is 0 Å². The fourth-order valence-electron chi connectivity index (χ4n) is 1.11. The molecule has 3 heteroatoms. The molecule has 0 amide bonds. The van der Waals surface area contributed by atoms with Gasteiger partial charge in [0.15, 0.2) is 0 Å². The first kappa shape index (κ1) is 8.95. The number of hydrogen-bond donors (Lipinski definition) is 0. The molecule has 1 aliphatic rings.